The number of aromatic nitrogens is 1. The number of nitrogens with one attached hydrogen (secondary N) is 1. The van der Waals surface area contributed by atoms with E-state index < -0.39 is 0 Å². The quantitative estimate of drug-likeness (QED) is 0.748. The summed E-state index contributed by atoms with van der Waals surface area (Å²) in [5.74, 6) is 0.480. The molecule has 2 aromatic heterocycles. The van der Waals surface area contributed by atoms with Crippen LogP contribution in [0, 0.1) is 25.2 Å². The van der Waals surface area contributed by atoms with Crippen molar-refractivity contribution < 1.29 is 4.79 Å². The number of carbonyl (C=O) groups is 1. The summed E-state index contributed by atoms with van der Waals surface area (Å²) in [6.07, 6.45) is 0.317. The molecule has 1 aromatic carbocycles. The number of benzene rings is 1. The molecular weight excluding hydrogens is 330 g/mol. The lowest BCUT2D eigenvalue weighted by Crippen LogP contribution is -2.18. The SMILES string of the molecule is Cc1c(C#N)c(NC(=O)Cc2cccs2)n(Cc2ccccc2)c1C. The summed E-state index contributed by atoms with van der Waals surface area (Å²) in [4.78, 5) is 13.5. The van der Waals surface area contributed by atoms with E-state index in [0.29, 0.717) is 24.3 Å². The number of rotatable bonds is 5. The van der Waals surface area contributed by atoms with Crippen LogP contribution in [0.4, 0.5) is 5.82 Å². The summed E-state index contributed by atoms with van der Waals surface area (Å²) < 4.78 is 2.01. The maximum absolute atomic E-state index is 12.4. The van der Waals surface area contributed by atoms with Crippen LogP contribution in [-0.2, 0) is 17.8 Å². The molecule has 0 spiro atoms. The summed E-state index contributed by atoms with van der Waals surface area (Å²) in [5, 5.41) is 14.5. The molecule has 5 heteroatoms. The Kier molecular flexibility index (Phi) is 5.01. The van der Waals surface area contributed by atoms with Gasteiger partial charge in [0.15, 0.2) is 0 Å². The lowest BCUT2D eigenvalue weighted by Gasteiger charge is -2.13. The largest absolute Gasteiger partial charge is 0.326 e. The number of nitrogens with zero attached hydrogens (tertiary/aromatic N) is 2. The molecule has 0 fully saturated rings. The van der Waals surface area contributed by atoms with Gasteiger partial charge in [-0.2, -0.15) is 5.26 Å². The van der Waals surface area contributed by atoms with Crippen molar-refractivity contribution in [3.05, 3.63) is 75.1 Å². The molecule has 1 amide bonds. The Morgan fingerprint density at radius 2 is 1.96 bits per heavy atom. The van der Waals surface area contributed by atoms with Crippen molar-refractivity contribution in [2.75, 3.05) is 5.32 Å². The van der Waals surface area contributed by atoms with Crippen LogP contribution in [-0.4, -0.2) is 10.5 Å². The van der Waals surface area contributed by atoms with Gasteiger partial charge in [-0.1, -0.05) is 36.4 Å². The third-order valence-electron chi connectivity index (χ3n) is 4.30. The van der Waals surface area contributed by atoms with Crippen LogP contribution >= 0.6 is 11.3 Å². The molecule has 2 heterocycles. The first-order valence-electron chi connectivity index (χ1n) is 8.06. The van der Waals surface area contributed by atoms with Crippen LogP contribution in [0.25, 0.3) is 0 Å². The number of hydrogen-bond acceptors (Lipinski definition) is 3. The summed E-state index contributed by atoms with van der Waals surface area (Å²) in [6, 6.07) is 16.1. The molecule has 0 atom stereocenters. The molecule has 0 aliphatic carbocycles. The molecule has 0 bridgehead atoms. The van der Waals surface area contributed by atoms with Crippen molar-refractivity contribution in [3.63, 3.8) is 0 Å². The predicted octanol–water partition coefficient (Wildman–Crippen LogP) is 4.27. The highest BCUT2D eigenvalue weighted by molar-refractivity contribution is 7.10. The molecule has 0 saturated heterocycles. The smallest absolute Gasteiger partial charge is 0.230 e. The predicted molar refractivity (Wildman–Crippen MR) is 101 cm³/mol. The maximum atomic E-state index is 12.4. The van der Waals surface area contributed by atoms with Crippen molar-refractivity contribution in [3.8, 4) is 6.07 Å². The van der Waals surface area contributed by atoms with E-state index in [1.807, 2.05) is 66.3 Å². The van der Waals surface area contributed by atoms with Gasteiger partial charge in [-0.3, -0.25) is 4.79 Å². The van der Waals surface area contributed by atoms with Gasteiger partial charge in [0, 0.05) is 17.1 Å². The van der Waals surface area contributed by atoms with Gasteiger partial charge in [0.1, 0.15) is 11.9 Å². The van der Waals surface area contributed by atoms with E-state index >= 15 is 0 Å². The highest BCUT2D eigenvalue weighted by atomic mass is 32.1. The Hall–Kier alpha value is -2.84. The first kappa shape index (κ1) is 17.0. The van der Waals surface area contributed by atoms with Crippen LogP contribution in [0.15, 0.2) is 47.8 Å². The summed E-state index contributed by atoms with van der Waals surface area (Å²) in [7, 11) is 0. The summed E-state index contributed by atoms with van der Waals surface area (Å²) >= 11 is 1.55. The minimum atomic E-state index is -0.106. The van der Waals surface area contributed by atoms with Gasteiger partial charge in [-0.15, -0.1) is 11.3 Å². The van der Waals surface area contributed by atoms with Crippen LogP contribution < -0.4 is 5.32 Å². The highest BCUT2D eigenvalue weighted by Gasteiger charge is 2.20. The summed E-state index contributed by atoms with van der Waals surface area (Å²) in [6.45, 7) is 4.52. The minimum Gasteiger partial charge on any atom is -0.326 e. The second kappa shape index (κ2) is 7.37. The number of carbonyl (C=O) groups excluding carboxylic acids is 1. The van der Waals surface area contributed by atoms with Gasteiger partial charge in [0.2, 0.25) is 5.91 Å². The van der Waals surface area contributed by atoms with Crippen molar-refractivity contribution in [2.45, 2.75) is 26.8 Å². The van der Waals surface area contributed by atoms with Crippen molar-refractivity contribution >= 4 is 23.1 Å². The Balaban J connectivity index is 1.92. The van der Waals surface area contributed by atoms with Crippen LogP contribution in [0.5, 0.6) is 0 Å². The molecule has 0 aliphatic rings. The molecule has 25 heavy (non-hydrogen) atoms. The van der Waals surface area contributed by atoms with Gasteiger partial charge >= 0.3 is 0 Å². The van der Waals surface area contributed by atoms with Gasteiger partial charge in [0.05, 0.1) is 12.0 Å². The Labute approximate surface area is 151 Å². The molecule has 4 nitrogen and oxygen atoms in total. The normalized spacial score (nSPS) is 10.4. The first-order chi connectivity index (χ1) is 12.1. The van der Waals surface area contributed by atoms with E-state index in [1.165, 1.54) is 0 Å². The molecule has 1 N–H and O–H groups in total. The third kappa shape index (κ3) is 3.65. The van der Waals surface area contributed by atoms with Gasteiger partial charge in [-0.05, 0) is 36.4 Å². The molecule has 126 valence electrons. The molecule has 0 unspecified atom stereocenters. The van der Waals surface area contributed by atoms with Gasteiger partial charge in [0.25, 0.3) is 0 Å². The summed E-state index contributed by atoms with van der Waals surface area (Å²) in [5.41, 5.74) is 3.56. The average molecular weight is 349 g/mol. The highest BCUT2D eigenvalue weighted by Crippen LogP contribution is 2.27. The number of amides is 1. The fourth-order valence-corrected chi connectivity index (χ4v) is 3.55. The number of nitriles is 1. The van der Waals surface area contributed by atoms with Crippen molar-refractivity contribution in [1.29, 1.82) is 5.26 Å². The molecule has 3 aromatic rings. The van der Waals surface area contributed by atoms with Crippen molar-refractivity contribution in [1.82, 2.24) is 4.57 Å². The van der Waals surface area contributed by atoms with Crippen LogP contribution in [0.3, 0.4) is 0 Å². The molecular formula is C20H19N3OS. The zero-order valence-electron chi connectivity index (χ0n) is 14.2. The fourth-order valence-electron chi connectivity index (χ4n) is 2.84. The van der Waals surface area contributed by atoms with Gasteiger partial charge in [-0.25, -0.2) is 0 Å². The Bertz CT molecular complexity index is 918. The number of anilines is 1. The monoisotopic (exact) mass is 349 g/mol. The molecule has 0 radical (unpaired) electrons. The molecule has 3 rings (SSSR count). The van der Waals surface area contributed by atoms with E-state index in [9.17, 15) is 10.1 Å². The second-order valence-electron chi connectivity index (χ2n) is 5.92. The maximum Gasteiger partial charge on any atom is 0.230 e. The third-order valence-corrected chi connectivity index (χ3v) is 5.17. The van der Waals surface area contributed by atoms with Crippen molar-refractivity contribution in [2.24, 2.45) is 0 Å². The number of hydrogen-bond donors (Lipinski definition) is 1. The van der Waals surface area contributed by atoms with Gasteiger partial charge < -0.3 is 9.88 Å². The zero-order valence-corrected chi connectivity index (χ0v) is 15.1. The van der Waals surface area contributed by atoms with E-state index in [4.69, 9.17) is 0 Å². The first-order valence-corrected chi connectivity index (χ1v) is 8.94. The van der Waals surface area contributed by atoms with E-state index in [2.05, 4.69) is 11.4 Å². The molecule has 0 saturated carbocycles. The molecule has 0 aliphatic heterocycles. The van der Waals surface area contributed by atoms with Crippen LogP contribution in [0.2, 0.25) is 0 Å². The minimum absolute atomic E-state index is 0.106. The van der Waals surface area contributed by atoms with E-state index in [0.717, 1.165) is 21.7 Å². The lowest BCUT2D eigenvalue weighted by atomic mass is 10.2. The average Bonchev–Trinajstić information content (AvgIpc) is 3.19. The lowest BCUT2D eigenvalue weighted by molar-refractivity contribution is -0.115. The van der Waals surface area contributed by atoms with Crippen LogP contribution in [0.1, 0.15) is 27.3 Å². The number of thiophene rings is 1. The Morgan fingerprint density at radius 3 is 2.60 bits per heavy atom. The van der Waals surface area contributed by atoms with E-state index in [-0.39, 0.29) is 5.91 Å². The topological polar surface area (TPSA) is 57.8 Å². The fraction of sp³-hybridized carbons (Fsp3) is 0.200. The van der Waals surface area contributed by atoms with E-state index in [1.54, 1.807) is 11.3 Å². The standard InChI is InChI=1S/C20H19N3OS/c1-14-15(2)23(13-16-7-4-3-5-8-16)20(18(14)12-21)22-19(24)11-17-9-6-10-25-17/h3-10H,11,13H2,1-2H3,(H,22,24). The Morgan fingerprint density at radius 1 is 1.20 bits per heavy atom. The second-order valence-corrected chi connectivity index (χ2v) is 6.95. The zero-order chi connectivity index (χ0) is 17.8.